The summed E-state index contributed by atoms with van der Waals surface area (Å²) in [7, 11) is 4.33. The molecule has 1 unspecified atom stereocenters. The van der Waals surface area contributed by atoms with Gasteiger partial charge in [-0.25, -0.2) is 0 Å². The van der Waals surface area contributed by atoms with Gasteiger partial charge in [-0.15, -0.1) is 11.8 Å². The molecule has 1 atom stereocenters. The molecule has 3 aromatic rings. The van der Waals surface area contributed by atoms with E-state index >= 15 is 0 Å². The molecular formula is C25H24O9S. The minimum absolute atomic E-state index is 0.0230. The summed E-state index contributed by atoms with van der Waals surface area (Å²) in [5.41, 5.74) is -0.0888. The highest BCUT2D eigenvalue weighted by Crippen LogP contribution is 2.45. The third-order valence-electron chi connectivity index (χ3n) is 5.44. The van der Waals surface area contributed by atoms with Crippen LogP contribution in [0.3, 0.4) is 0 Å². The van der Waals surface area contributed by atoms with Crippen LogP contribution in [0.2, 0.25) is 0 Å². The summed E-state index contributed by atoms with van der Waals surface area (Å²) >= 11 is 1.45. The molecule has 0 radical (unpaired) electrons. The van der Waals surface area contributed by atoms with E-state index in [4.69, 9.17) is 28.1 Å². The molecule has 0 bridgehead atoms. The average Bonchev–Trinajstić information content (AvgIpc) is 3.36. The molecule has 0 amide bonds. The number of ether oxygens (including phenoxy) is 5. The van der Waals surface area contributed by atoms with Crippen molar-refractivity contribution in [2.24, 2.45) is 0 Å². The second-order valence-corrected chi connectivity index (χ2v) is 8.59. The first kappa shape index (κ1) is 24.3. The molecule has 35 heavy (non-hydrogen) atoms. The van der Waals surface area contributed by atoms with E-state index in [0.29, 0.717) is 34.3 Å². The van der Waals surface area contributed by atoms with E-state index in [9.17, 15) is 14.7 Å². The van der Waals surface area contributed by atoms with Crippen LogP contribution in [0.15, 0.2) is 56.6 Å². The third kappa shape index (κ3) is 5.32. The number of aromatic hydroxyl groups is 1. The molecule has 0 saturated carbocycles. The molecule has 0 saturated heterocycles. The molecule has 2 heterocycles. The van der Waals surface area contributed by atoms with Crippen LogP contribution in [0.5, 0.6) is 28.7 Å². The van der Waals surface area contributed by atoms with E-state index in [-0.39, 0.29) is 19.0 Å². The second-order valence-electron chi connectivity index (χ2n) is 7.54. The summed E-state index contributed by atoms with van der Waals surface area (Å²) < 4.78 is 32.4. The maximum Gasteiger partial charge on any atom is 0.306 e. The lowest BCUT2D eigenvalue weighted by atomic mass is 9.91. The number of benzene rings is 2. The smallest absolute Gasteiger partial charge is 0.306 e. The van der Waals surface area contributed by atoms with E-state index in [1.54, 1.807) is 19.2 Å². The van der Waals surface area contributed by atoms with Crippen LogP contribution in [-0.4, -0.2) is 39.2 Å². The van der Waals surface area contributed by atoms with Gasteiger partial charge in [0.2, 0.25) is 23.7 Å². The summed E-state index contributed by atoms with van der Waals surface area (Å²) in [6.07, 6.45) is -0.190. The molecule has 1 aromatic heterocycles. The molecule has 10 heteroatoms. The average molecular weight is 501 g/mol. The number of esters is 1. The van der Waals surface area contributed by atoms with Crippen LogP contribution in [0.25, 0.3) is 0 Å². The van der Waals surface area contributed by atoms with Gasteiger partial charge in [-0.1, -0.05) is 0 Å². The van der Waals surface area contributed by atoms with Gasteiger partial charge >= 0.3 is 5.97 Å². The van der Waals surface area contributed by atoms with Crippen molar-refractivity contribution in [3.8, 4) is 28.7 Å². The monoisotopic (exact) mass is 500 g/mol. The van der Waals surface area contributed by atoms with E-state index in [2.05, 4.69) is 0 Å². The number of thioether (sulfide) groups is 1. The molecule has 4 rings (SSSR count). The number of hydrogen-bond acceptors (Lipinski definition) is 10. The van der Waals surface area contributed by atoms with E-state index in [0.717, 1.165) is 10.6 Å². The fraction of sp³-hybridized carbons (Fsp3) is 0.280. The molecular weight excluding hydrogens is 476 g/mol. The molecule has 1 N–H and O–H groups in total. The van der Waals surface area contributed by atoms with Crippen molar-refractivity contribution >= 4 is 17.7 Å². The lowest BCUT2D eigenvalue weighted by molar-refractivity contribution is -0.140. The van der Waals surface area contributed by atoms with Crippen molar-refractivity contribution in [2.75, 3.05) is 28.1 Å². The zero-order valence-corrected chi connectivity index (χ0v) is 20.2. The molecule has 0 aliphatic carbocycles. The molecule has 0 spiro atoms. The van der Waals surface area contributed by atoms with Crippen LogP contribution in [0, 0.1) is 0 Å². The van der Waals surface area contributed by atoms with Gasteiger partial charge in [0.1, 0.15) is 11.5 Å². The number of carbonyl (C=O) groups excluding carboxylic acids is 1. The zero-order chi connectivity index (χ0) is 24.9. The van der Waals surface area contributed by atoms with Crippen molar-refractivity contribution in [1.82, 2.24) is 0 Å². The fourth-order valence-electron chi connectivity index (χ4n) is 3.65. The predicted octanol–water partition coefficient (Wildman–Crippen LogP) is 4.08. The van der Waals surface area contributed by atoms with Gasteiger partial charge in [0.05, 0.1) is 39.4 Å². The Bertz CT molecular complexity index is 1270. The normalized spacial score (nSPS) is 12.8. The lowest BCUT2D eigenvalue weighted by Gasteiger charge is -2.19. The van der Waals surface area contributed by atoms with Gasteiger partial charge < -0.3 is 33.2 Å². The van der Waals surface area contributed by atoms with Crippen molar-refractivity contribution in [3.63, 3.8) is 0 Å². The first-order valence-electron chi connectivity index (χ1n) is 10.6. The largest absolute Gasteiger partial charge is 0.502 e. The molecule has 2 aromatic carbocycles. The van der Waals surface area contributed by atoms with Crippen LogP contribution < -0.4 is 24.4 Å². The highest BCUT2D eigenvalue weighted by atomic mass is 32.2. The fourth-order valence-corrected chi connectivity index (χ4v) is 4.43. The first-order valence-corrected chi connectivity index (χ1v) is 11.6. The van der Waals surface area contributed by atoms with Crippen LogP contribution in [0.4, 0.5) is 0 Å². The Morgan fingerprint density at radius 2 is 1.86 bits per heavy atom. The summed E-state index contributed by atoms with van der Waals surface area (Å²) in [5, 5.41) is 10.6. The van der Waals surface area contributed by atoms with Crippen molar-refractivity contribution in [3.05, 3.63) is 69.8 Å². The van der Waals surface area contributed by atoms with Gasteiger partial charge in [-0.2, -0.15) is 0 Å². The summed E-state index contributed by atoms with van der Waals surface area (Å²) in [4.78, 5) is 25.9. The van der Waals surface area contributed by atoms with Crippen LogP contribution >= 0.6 is 11.8 Å². The van der Waals surface area contributed by atoms with E-state index in [1.165, 1.54) is 32.0 Å². The minimum Gasteiger partial charge on any atom is -0.502 e. The summed E-state index contributed by atoms with van der Waals surface area (Å²) in [6, 6.07) is 12.0. The van der Waals surface area contributed by atoms with Gasteiger partial charge in [0, 0.05) is 11.0 Å². The Labute approximate surface area is 205 Å². The summed E-state index contributed by atoms with van der Waals surface area (Å²) in [6.45, 7) is 0.0230. The Balaban J connectivity index is 1.71. The highest BCUT2D eigenvalue weighted by Gasteiger charge is 2.30. The maximum absolute atomic E-state index is 12.6. The minimum atomic E-state index is -0.843. The quantitative estimate of drug-likeness (QED) is 0.341. The maximum atomic E-state index is 12.6. The topological polar surface area (TPSA) is 114 Å². The van der Waals surface area contributed by atoms with Crippen molar-refractivity contribution in [2.45, 2.75) is 23.0 Å². The Kier molecular flexibility index (Phi) is 7.40. The summed E-state index contributed by atoms with van der Waals surface area (Å²) in [5.74, 6) is 0.621. The predicted molar refractivity (Wildman–Crippen MR) is 127 cm³/mol. The van der Waals surface area contributed by atoms with E-state index < -0.39 is 23.1 Å². The molecule has 1 aliphatic rings. The SMILES string of the molecule is COC(=O)CC(c1cc(OC)c2c(c1)OCO2)c1oc(CSc2ccc(OC)cc2)cc(=O)c1O. The number of fused-ring (bicyclic) bond motifs is 1. The molecule has 9 nitrogen and oxygen atoms in total. The Morgan fingerprint density at radius 3 is 2.54 bits per heavy atom. The molecule has 1 aliphatic heterocycles. The Hall–Kier alpha value is -3.79. The molecule has 0 fully saturated rings. The zero-order valence-electron chi connectivity index (χ0n) is 19.4. The van der Waals surface area contributed by atoms with E-state index in [1.807, 2.05) is 24.3 Å². The van der Waals surface area contributed by atoms with Gasteiger partial charge in [0.15, 0.2) is 17.3 Å². The third-order valence-corrected chi connectivity index (χ3v) is 6.47. The van der Waals surface area contributed by atoms with Gasteiger partial charge in [-0.05, 0) is 42.0 Å². The second kappa shape index (κ2) is 10.6. The number of hydrogen-bond donors (Lipinski definition) is 1. The van der Waals surface area contributed by atoms with Crippen molar-refractivity contribution in [1.29, 1.82) is 0 Å². The Morgan fingerprint density at radius 1 is 1.09 bits per heavy atom. The number of methoxy groups -OCH3 is 3. The lowest BCUT2D eigenvalue weighted by Crippen LogP contribution is -2.14. The highest BCUT2D eigenvalue weighted by molar-refractivity contribution is 7.98. The molecule has 184 valence electrons. The van der Waals surface area contributed by atoms with Crippen molar-refractivity contribution < 1.29 is 38.0 Å². The standard InChI is InChI=1S/C25H24O9S/c1-29-15-4-6-17(7-5-15)35-12-16-10-19(26)23(28)24(34-16)18(11-22(27)31-3)14-8-20(30-2)25-21(9-14)32-13-33-25/h4-10,18,28H,11-13H2,1-3H3. The number of rotatable bonds is 9. The number of carbonyl (C=O) groups is 1. The first-order chi connectivity index (χ1) is 16.9. The van der Waals surface area contributed by atoms with Gasteiger partial charge in [0.25, 0.3) is 0 Å². The van der Waals surface area contributed by atoms with Gasteiger partial charge in [-0.3, -0.25) is 9.59 Å². The van der Waals surface area contributed by atoms with Crippen LogP contribution in [-0.2, 0) is 15.3 Å². The van der Waals surface area contributed by atoms with Crippen LogP contribution in [0.1, 0.15) is 29.4 Å².